The molecule has 0 spiro atoms. The van der Waals surface area contributed by atoms with Crippen molar-refractivity contribution in [2.24, 2.45) is 0 Å². The quantitative estimate of drug-likeness (QED) is 0.137. The fourth-order valence-corrected chi connectivity index (χ4v) is 11.0. The van der Waals surface area contributed by atoms with Crippen molar-refractivity contribution in [2.45, 2.75) is 5.41 Å². The van der Waals surface area contributed by atoms with Gasteiger partial charge in [-0.25, -0.2) is 0 Å². The molecule has 0 radical (unpaired) electrons. The number of para-hydroxylation sites is 2. The van der Waals surface area contributed by atoms with Crippen LogP contribution < -0.4 is 0 Å². The Balaban J connectivity index is 1.32. The zero-order valence-corrected chi connectivity index (χ0v) is 27.9. The van der Waals surface area contributed by atoms with Crippen LogP contribution in [0.1, 0.15) is 33.4 Å². The van der Waals surface area contributed by atoms with Gasteiger partial charge in [-0.15, -0.1) is 0 Å². The molecule has 1 aliphatic carbocycles. The second kappa shape index (κ2) is 10.4. The molecule has 49 heavy (non-hydrogen) atoms. The number of nitrogens with zero attached hydrogens (tertiary/aromatic N) is 3. The number of benzene rings is 6. The van der Waals surface area contributed by atoms with Crippen LogP contribution in [0, 0.1) is 22.7 Å². The van der Waals surface area contributed by atoms with E-state index in [9.17, 15) is 10.5 Å². The first-order valence-electron chi connectivity index (χ1n) is 16.3. The van der Waals surface area contributed by atoms with Crippen LogP contribution in [-0.2, 0) is 5.41 Å². The zero-order valence-electron chi connectivity index (χ0n) is 26.2. The minimum absolute atomic E-state index is 0.0523. The van der Waals surface area contributed by atoms with E-state index in [4.69, 9.17) is 0 Å². The Kier molecular flexibility index (Phi) is 5.93. The van der Waals surface area contributed by atoms with E-state index in [0.29, 0.717) is 0 Å². The van der Waals surface area contributed by atoms with Crippen LogP contribution in [0.25, 0.3) is 53.1 Å². The summed E-state index contributed by atoms with van der Waals surface area (Å²) in [5.41, 5.74) is 13.1. The summed E-state index contributed by atoms with van der Waals surface area (Å²) in [6.07, 6.45) is 0. The molecule has 3 nitrogen and oxygen atoms in total. The molecule has 226 valence electrons. The number of hydrogen-bond donors (Lipinski definition) is 0. The number of aromatic nitrogens is 1. The van der Waals surface area contributed by atoms with Crippen molar-refractivity contribution in [3.8, 4) is 37.8 Å². The molecule has 0 fully saturated rings. The normalized spacial score (nSPS) is 13.4. The van der Waals surface area contributed by atoms with Gasteiger partial charge in [-0.2, -0.15) is 0 Å². The van der Waals surface area contributed by atoms with Crippen LogP contribution in [-0.4, -0.2) is 19.1 Å². The van der Waals surface area contributed by atoms with E-state index in [1.165, 1.54) is 53.1 Å². The van der Waals surface area contributed by atoms with Gasteiger partial charge in [-0.1, -0.05) is 0 Å². The van der Waals surface area contributed by atoms with Gasteiger partial charge in [-0.3, -0.25) is 0 Å². The third-order valence-electron chi connectivity index (χ3n) is 10.4. The van der Waals surface area contributed by atoms with Gasteiger partial charge in [0.1, 0.15) is 0 Å². The maximum atomic E-state index is 10.0. The van der Waals surface area contributed by atoms with E-state index in [1.807, 2.05) is 18.2 Å². The molecule has 1 aliphatic heterocycles. The van der Waals surface area contributed by atoms with Crippen molar-refractivity contribution in [1.29, 1.82) is 10.5 Å². The van der Waals surface area contributed by atoms with Gasteiger partial charge >= 0.3 is 291 Å². The molecule has 0 atom stereocenters. The molecule has 2 aliphatic rings. The Hall–Kier alpha value is -6.16. The molecule has 0 unspecified atom stereocenters. The molecular weight excluding hydrogens is 661 g/mol. The van der Waals surface area contributed by atoms with Gasteiger partial charge in [0.05, 0.1) is 0 Å². The maximum absolute atomic E-state index is 10.0. The second-order valence-corrected chi connectivity index (χ2v) is 14.8. The van der Waals surface area contributed by atoms with Crippen LogP contribution in [0.3, 0.4) is 0 Å². The van der Waals surface area contributed by atoms with E-state index in [1.54, 1.807) is 0 Å². The third kappa shape index (κ3) is 3.65. The van der Waals surface area contributed by atoms with Crippen LogP contribution in [0.4, 0.5) is 0 Å². The Morgan fingerprint density at radius 1 is 0.551 bits per heavy atom. The second-order valence-electron chi connectivity index (χ2n) is 12.6. The third-order valence-corrected chi connectivity index (χ3v) is 12.8. The number of hydrogen-bond acceptors (Lipinski definition) is 2. The predicted octanol–water partition coefficient (Wildman–Crippen LogP) is 10.0. The average Bonchev–Trinajstić information content (AvgIpc) is 3.85. The predicted molar refractivity (Wildman–Crippen MR) is 198 cm³/mol. The summed E-state index contributed by atoms with van der Waals surface area (Å²) in [5.74, 6) is 0. The fraction of sp³-hybridized carbons (Fsp3) is 0.0222. The standard InChI is InChI=1S/C45H25N3Se/c46-26-29(27-47)42-35-18-8-7-16-32(35)33-23-22-28(24-37(33)42)41-25-39-44(49-41)48-40-21-10-9-17-34(40)36-19-11-20-38(43(36)48)45(39,30-12-3-1-4-13-30)31-14-5-2-6-15-31/h1-25H. The Morgan fingerprint density at radius 3 is 1.92 bits per heavy atom. The zero-order chi connectivity index (χ0) is 32.7. The number of fused-ring (bicyclic) bond motifs is 8. The van der Waals surface area contributed by atoms with Gasteiger partial charge in [0.15, 0.2) is 0 Å². The number of nitriles is 2. The summed E-state index contributed by atoms with van der Waals surface area (Å²) in [6, 6.07) is 59.1. The van der Waals surface area contributed by atoms with Gasteiger partial charge < -0.3 is 0 Å². The first-order valence-corrected chi connectivity index (χ1v) is 18.0. The Bertz CT molecular complexity index is 2730. The van der Waals surface area contributed by atoms with Crippen molar-refractivity contribution in [1.82, 2.24) is 4.57 Å². The summed E-state index contributed by atoms with van der Waals surface area (Å²) in [5, 5.41) is 22.5. The summed E-state index contributed by atoms with van der Waals surface area (Å²) in [4.78, 5) is 0. The van der Waals surface area contributed by atoms with Crippen molar-refractivity contribution >= 4 is 41.9 Å². The van der Waals surface area contributed by atoms with Crippen molar-refractivity contribution < 1.29 is 0 Å². The molecule has 4 heteroatoms. The van der Waals surface area contributed by atoms with E-state index in [2.05, 4.69) is 150 Å². The Morgan fingerprint density at radius 2 is 1.18 bits per heavy atom. The molecule has 8 aromatic rings. The summed E-state index contributed by atoms with van der Waals surface area (Å²) >= 11 is -0.0523. The van der Waals surface area contributed by atoms with E-state index >= 15 is 0 Å². The van der Waals surface area contributed by atoms with Crippen molar-refractivity contribution in [3.63, 3.8) is 0 Å². The molecular formula is C45H25N3Se. The van der Waals surface area contributed by atoms with Crippen molar-refractivity contribution in [3.05, 3.63) is 191 Å². The van der Waals surface area contributed by atoms with E-state index in [0.717, 1.165) is 33.4 Å². The number of allylic oxidation sites excluding steroid dienone is 1. The van der Waals surface area contributed by atoms with Gasteiger partial charge in [0, 0.05) is 0 Å². The van der Waals surface area contributed by atoms with Gasteiger partial charge in [0.25, 0.3) is 0 Å². The molecule has 6 aromatic carbocycles. The number of rotatable bonds is 3. The van der Waals surface area contributed by atoms with Gasteiger partial charge in [-0.05, 0) is 0 Å². The molecule has 0 saturated heterocycles. The Labute approximate surface area is 289 Å². The van der Waals surface area contributed by atoms with E-state index in [-0.39, 0.29) is 20.1 Å². The fourth-order valence-electron chi connectivity index (χ4n) is 8.43. The summed E-state index contributed by atoms with van der Waals surface area (Å²) < 4.78 is 5.16. The van der Waals surface area contributed by atoms with Crippen LogP contribution in [0.15, 0.2) is 157 Å². The topological polar surface area (TPSA) is 52.5 Å². The molecule has 10 rings (SSSR count). The molecule has 3 heterocycles. The van der Waals surface area contributed by atoms with Crippen LogP contribution in [0.5, 0.6) is 0 Å². The molecule has 0 N–H and O–H groups in total. The minimum atomic E-state index is -0.530. The summed E-state index contributed by atoms with van der Waals surface area (Å²) in [6.45, 7) is 0. The SMILES string of the molecule is N#CC(C#N)=C1c2ccccc2-c2ccc(-c3cc4c([se]3)-n3c5ccccc5c5cccc(c53)C4(c3ccccc3)c3ccccc3)cc21. The van der Waals surface area contributed by atoms with Crippen molar-refractivity contribution in [2.75, 3.05) is 0 Å². The monoisotopic (exact) mass is 687 g/mol. The molecule has 0 saturated carbocycles. The molecule has 0 amide bonds. The van der Waals surface area contributed by atoms with Crippen LogP contribution >= 0.6 is 0 Å². The van der Waals surface area contributed by atoms with Gasteiger partial charge in [0.2, 0.25) is 0 Å². The molecule has 0 bridgehead atoms. The average molecular weight is 687 g/mol. The van der Waals surface area contributed by atoms with Crippen LogP contribution in [0.2, 0.25) is 0 Å². The first kappa shape index (κ1) is 27.9. The van der Waals surface area contributed by atoms with E-state index < -0.39 is 5.41 Å². The summed E-state index contributed by atoms with van der Waals surface area (Å²) in [7, 11) is 0. The first-order chi connectivity index (χ1) is 24.2. The molecule has 2 aromatic heterocycles.